The minimum atomic E-state index is -2.19. The summed E-state index contributed by atoms with van der Waals surface area (Å²) in [5, 5.41) is 2.38. The molecule has 1 fully saturated rings. The molecule has 3 aliphatic rings. The van der Waals surface area contributed by atoms with Gasteiger partial charge in [-0.05, 0) is 83.3 Å². The molecule has 5 heteroatoms. The molecule has 0 radical (unpaired) electrons. The van der Waals surface area contributed by atoms with Crippen molar-refractivity contribution in [3.05, 3.63) is 120 Å². The molecule has 2 atom stereocenters. The fraction of sp³-hybridized carbons (Fsp3) is 0.302. The molecule has 5 heterocycles. The summed E-state index contributed by atoms with van der Waals surface area (Å²) in [7, 11) is 2.13. The Balaban J connectivity index is 1.29. The second-order valence-electron chi connectivity index (χ2n) is 16.2. The quantitative estimate of drug-likeness (QED) is 0.142. The fourth-order valence-electron chi connectivity index (χ4n) is 7.68. The van der Waals surface area contributed by atoms with E-state index in [0.29, 0.717) is 11.2 Å². The summed E-state index contributed by atoms with van der Waals surface area (Å²) in [6.45, 7) is 17.9. The average molecular weight is 638 g/mol. The number of para-hydroxylation sites is 1. The Bertz CT molecular complexity index is 2380. The highest BCUT2D eigenvalue weighted by atomic mass is 15.7. The van der Waals surface area contributed by atoms with Gasteiger partial charge in [-0.2, -0.15) is 0 Å². The number of quaternary nitrogens is 2. The Morgan fingerprint density at radius 2 is 1.44 bits per heavy atom. The first-order valence-corrected chi connectivity index (χ1v) is 17.0. The minimum absolute atomic E-state index is 0.00707. The van der Waals surface area contributed by atoms with Crippen molar-refractivity contribution in [3.8, 4) is 5.82 Å². The second-order valence-corrected chi connectivity index (χ2v) is 16.2. The van der Waals surface area contributed by atoms with Crippen LogP contribution in [-0.2, 0) is 10.8 Å². The number of rotatable bonds is 4. The largest absolute Gasteiger partial charge is 0.344 e. The summed E-state index contributed by atoms with van der Waals surface area (Å²) in [6, 6.07) is 30.8. The van der Waals surface area contributed by atoms with Gasteiger partial charge in [0.05, 0.1) is 28.8 Å². The number of hydrogen-bond acceptors (Lipinski definition) is 2. The van der Waals surface area contributed by atoms with Crippen LogP contribution in [0.15, 0.2) is 91.1 Å². The third kappa shape index (κ3) is 4.48. The standard InChI is InChI=1S/C43H48N5/c1-28-19-39-40(20-29(28)2)48(26-47(39,10)27-48)34-22-31(43(6,7)8)21-33(24-34)45(9)32-15-16-36-35-13-11-12-14-37(35)46(38(36)25-32)41-23-30(17-18-44-41)42(3,4)5/h11-26H,27H2,1-10H3/q+1/t47-,48+/m0/s1/i10D3. The van der Waals surface area contributed by atoms with E-state index in [9.17, 15) is 0 Å². The lowest BCUT2D eigenvalue weighted by Gasteiger charge is -2.55. The third-order valence-electron chi connectivity index (χ3n) is 10.8. The topological polar surface area (TPSA) is 21.1 Å². The van der Waals surface area contributed by atoms with Crippen LogP contribution >= 0.6 is 0 Å². The zero-order valence-corrected chi connectivity index (χ0v) is 29.7. The Morgan fingerprint density at radius 3 is 2.15 bits per heavy atom. The molecule has 48 heavy (non-hydrogen) atoms. The van der Waals surface area contributed by atoms with Gasteiger partial charge in [0.15, 0.2) is 18.0 Å². The van der Waals surface area contributed by atoms with Crippen molar-refractivity contribution in [2.45, 2.75) is 66.2 Å². The molecule has 2 aromatic heterocycles. The zero-order valence-electron chi connectivity index (χ0n) is 32.7. The predicted octanol–water partition coefficient (Wildman–Crippen LogP) is 10.8. The molecule has 3 aliphatic heterocycles. The minimum Gasteiger partial charge on any atom is -0.344 e. The molecule has 1 saturated heterocycles. The van der Waals surface area contributed by atoms with Gasteiger partial charge in [-0.25, -0.2) is 4.98 Å². The van der Waals surface area contributed by atoms with Crippen LogP contribution in [-0.4, -0.2) is 30.2 Å². The summed E-state index contributed by atoms with van der Waals surface area (Å²) in [6.07, 6.45) is 1.92. The maximum Gasteiger partial charge on any atom is 0.181 e. The highest BCUT2D eigenvalue weighted by Crippen LogP contribution is 2.61. The van der Waals surface area contributed by atoms with Crippen molar-refractivity contribution in [2.75, 3.05) is 25.6 Å². The summed E-state index contributed by atoms with van der Waals surface area (Å²) >= 11 is 0. The lowest BCUT2D eigenvalue weighted by Crippen LogP contribution is -2.68. The molecule has 0 aliphatic carbocycles. The number of aryl methyl sites for hydroxylation is 2. The number of benzene rings is 4. The normalized spacial score (nSPS) is 21.5. The SMILES string of the molecule is [2H]C([2H])([2H])[N@+]12[CH-][N@+](c3cc(N(C)c4ccc5c6ccccc6n(-c6cc(C(C)(C)C)ccn6)c5c4)cc(C(C)(C)C)c3)(C1)c1cc(C)c(C)cc12. The Labute approximate surface area is 290 Å². The molecule has 0 unspecified atom stereocenters. The van der Waals surface area contributed by atoms with E-state index in [4.69, 9.17) is 9.10 Å². The fourth-order valence-corrected chi connectivity index (χ4v) is 7.68. The predicted molar refractivity (Wildman–Crippen MR) is 205 cm³/mol. The van der Waals surface area contributed by atoms with Crippen LogP contribution < -0.4 is 13.9 Å². The van der Waals surface area contributed by atoms with Crippen LogP contribution in [0, 0.1) is 20.5 Å². The molecular weight excluding hydrogens is 587 g/mol. The van der Waals surface area contributed by atoms with E-state index in [1.54, 1.807) is 0 Å². The van der Waals surface area contributed by atoms with E-state index < -0.39 is 6.98 Å². The number of fused-ring (bicyclic) bond motifs is 3. The first-order valence-electron chi connectivity index (χ1n) is 18.5. The Kier molecular flexibility index (Phi) is 5.75. The number of anilines is 2. The Morgan fingerprint density at radius 1 is 0.750 bits per heavy atom. The van der Waals surface area contributed by atoms with Crippen LogP contribution in [0.3, 0.4) is 0 Å². The van der Waals surface area contributed by atoms with Crippen molar-refractivity contribution in [2.24, 2.45) is 0 Å². The van der Waals surface area contributed by atoms with E-state index in [-0.39, 0.29) is 15.3 Å². The first-order chi connectivity index (χ1) is 23.8. The molecular formula is C43H48N5+. The molecule has 6 aromatic rings. The third-order valence-corrected chi connectivity index (χ3v) is 10.8. The van der Waals surface area contributed by atoms with Crippen LogP contribution in [0.25, 0.3) is 27.6 Å². The number of nitrogens with zero attached hydrogens (tertiary/aromatic N) is 5. The lowest BCUT2D eigenvalue weighted by molar-refractivity contribution is 0.157. The van der Waals surface area contributed by atoms with Crippen LogP contribution in [0.4, 0.5) is 28.4 Å². The molecule has 0 amide bonds. The molecule has 244 valence electrons. The zero-order chi connectivity index (χ0) is 36.5. The van der Waals surface area contributed by atoms with Gasteiger partial charge in [0.2, 0.25) is 0 Å². The smallest absolute Gasteiger partial charge is 0.181 e. The monoisotopic (exact) mass is 637 g/mol. The summed E-state index contributed by atoms with van der Waals surface area (Å²) in [5.41, 5.74) is 12.0. The molecule has 0 N–H and O–H groups in total. The van der Waals surface area contributed by atoms with E-state index in [2.05, 4.69) is 157 Å². The van der Waals surface area contributed by atoms with E-state index >= 15 is 0 Å². The Hall–Kier alpha value is -4.45. The average Bonchev–Trinajstić information content (AvgIpc) is 3.63. The van der Waals surface area contributed by atoms with Gasteiger partial charge in [0.25, 0.3) is 0 Å². The highest BCUT2D eigenvalue weighted by molar-refractivity contribution is 6.10. The molecule has 9 rings (SSSR count). The first kappa shape index (κ1) is 27.5. The number of hydrogen-bond donors (Lipinski definition) is 0. The van der Waals surface area contributed by atoms with Crippen molar-refractivity contribution in [3.63, 3.8) is 0 Å². The van der Waals surface area contributed by atoms with Crippen molar-refractivity contribution < 1.29 is 4.11 Å². The number of pyridine rings is 1. The van der Waals surface area contributed by atoms with Gasteiger partial charge in [-0.3, -0.25) is 9.05 Å². The van der Waals surface area contributed by atoms with Gasteiger partial charge in [0.1, 0.15) is 11.5 Å². The van der Waals surface area contributed by atoms with E-state index in [1.807, 2.05) is 12.9 Å². The summed E-state index contributed by atoms with van der Waals surface area (Å²) in [5.74, 6) is 0.906. The molecule has 0 saturated carbocycles. The summed E-state index contributed by atoms with van der Waals surface area (Å²) in [4.78, 5) is 7.15. The second kappa shape index (κ2) is 10.0. The van der Waals surface area contributed by atoms with E-state index in [1.165, 1.54) is 27.5 Å². The van der Waals surface area contributed by atoms with Crippen molar-refractivity contribution in [1.29, 1.82) is 0 Å². The van der Waals surface area contributed by atoms with Crippen LogP contribution in [0.1, 0.15) is 67.9 Å². The number of aromatic nitrogens is 2. The molecule has 0 spiro atoms. The molecule has 5 nitrogen and oxygen atoms in total. The maximum absolute atomic E-state index is 8.61. The van der Waals surface area contributed by atoms with Crippen molar-refractivity contribution >= 4 is 50.2 Å². The van der Waals surface area contributed by atoms with Gasteiger partial charge in [-0.15, -0.1) is 0 Å². The van der Waals surface area contributed by atoms with Gasteiger partial charge >= 0.3 is 0 Å². The maximum atomic E-state index is 8.61. The highest BCUT2D eigenvalue weighted by Gasteiger charge is 2.59. The summed E-state index contributed by atoms with van der Waals surface area (Å²) < 4.78 is 28.4. The van der Waals surface area contributed by atoms with Gasteiger partial charge < -0.3 is 9.38 Å². The molecule has 2 bridgehead atoms. The van der Waals surface area contributed by atoms with Gasteiger partial charge in [-0.1, -0.05) is 65.8 Å². The lowest BCUT2D eigenvalue weighted by atomic mass is 9.86. The van der Waals surface area contributed by atoms with E-state index in [0.717, 1.165) is 50.9 Å². The van der Waals surface area contributed by atoms with Gasteiger partial charge in [0, 0.05) is 59.7 Å². The molecule has 4 aromatic carbocycles. The van der Waals surface area contributed by atoms with Crippen LogP contribution in [0.2, 0.25) is 0 Å². The van der Waals surface area contributed by atoms with Crippen LogP contribution in [0.5, 0.6) is 0 Å². The van der Waals surface area contributed by atoms with Crippen molar-refractivity contribution in [1.82, 2.24) is 18.5 Å².